The number of benzene rings is 1. The lowest BCUT2D eigenvalue weighted by atomic mass is 9.92. The van der Waals surface area contributed by atoms with Crippen molar-refractivity contribution in [3.63, 3.8) is 0 Å². The Balaban J connectivity index is 1.91. The minimum Gasteiger partial charge on any atom is -0.375 e. The molecule has 0 saturated carbocycles. The quantitative estimate of drug-likeness (QED) is 0.747. The van der Waals surface area contributed by atoms with Crippen molar-refractivity contribution in [1.29, 1.82) is 0 Å². The summed E-state index contributed by atoms with van der Waals surface area (Å²) in [6, 6.07) is 6.31. The van der Waals surface area contributed by atoms with Gasteiger partial charge in [0.05, 0.1) is 17.9 Å². The van der Waals surface area contributed by atoms with E-state index in [1.807, 2.05) is 0 Å². The molecule has 1 aliphatic heterocycles. The van der Waals surface area contributed by atoms with E-state index in [0.29, 0.717) is 17.2 Å². The first-order valence-corrected chi connectivity index (χ1v) is 8.24. The first-order chi connectivity index (χ1) is 11.6. The Morgan fingerprint density at radius 1 is 1.42 bits per heavy atom. The number of halogens is 1. The predicted molar refractivity (Wildman–Crippen MR) is 88.4 cm³/mol. The van der Waals surface area contributed by atoms with Crippen LogP contribution in [0.15, 0.2) is 36.7 Å². The largest absolute Gasteiger partial charge is 0.375 e. The van der Waals surface area contributed by atoms with Gasteiger partial charge in [0, 0.05) is 29.6 Å². The second kappa shape index (κ2) is 5.72. The van der Waals surface area contributed by atoms with Crippen LogP contribution in [0.1, 0.15) is 28.5 Å². The van der Waals surface area contributed by atoms with Crippen molar-refractivity contribution < 1.29 is 9.18 Å². The lowest BCUT2D eigenvalue weighted by Crippen LogP contribution is -2.21. The van der Waals surface area contributed by atoms with Gasteiger partial charge in [-0.1, -0.05) is 0 Å². The molecule has 1 atom stereocenters. The number of anilines is 1. The number of hydrogen-bond acceptors (Lipinski definition) is 5. The fraction of sp³-hybridized carbons (Fsp3) is 0.188. The second-order valence-corrected chi connectivity index (χ2v) is 6.61. The molecule has 0 saturated heterocycles. The van der Waals surface area contributed by atoms with Crippen molar-refractivity contribution in [2.45, 2.75) is 18.9 Å². The zero-order valence-corrected chi connectivity index (χ0v) is 13.4. The van der Waals surface area contributed by atoms with Crippen LogP contribution < -0.4 is 11.1 Å². The van der Waals surface area contributed by atoms with Gasteiger partial charge in [0.2, 0.25) is 5.91 Å². The van der Waals surface area contributed by atoms with Crippen LogP contribution in [0, 0.1) is 5.82 Å². The molecule has 4 rings (SSSR count). The zero-order chi connectivity index (χ0) is 16.7. The summed E-state index contributed by atoms with van der Waals surface area (Å²) >= 11 is 1.34. The molecule has 122 valence electrons. The molecule has 0 aliphatic carbocycles. The molecule has 6 nitrogen and oxygen atoms in total. The van der Waals surface area contributed by atoms with Crippen LogP contribution in [-0.4, -0.2) is 20.7 Å². The van der Waals surface area contributed by atoms with E-state index in [4.69, 9.17) is 5.73 Å². The lowest BCUT2D eigenvalue weighted by Gasteiger charge is -2.18. The number of nitrogens with two attached hydrogens (primary N) is 1. The van der Waals surface area contributed by atoms with Crippen LogP contribution in [0.25, 0.3) is 5.69 Å². The van der Waals surface area contributed by atoms with Crippen molar-refractivity contribution in [2.24, 2.45) is 0 Å². The molecule has 1 aliphatic rings. The number of fused-ring (bicyclic) bond motifs is 1. The third kappa shape index (κ3) is 2.54. The summed E-state index contributed by atoms with van der Waals surface area (Å²) in [6.45, 7) is 0.338. The summed E-state index contributed by atoms with van der Waals surface area (Å²) in [7, 11) is 0. The Labute approximate surface area is 141 Å². The maximum atomic E-state index is 14.0. The van der Waals surface area contributed by atoms with Gasteiger partial charge in [0.1, 0.15) is 5.82 Å². The number of aromatic nitrogens is 3. The molecule has 0 radical (unpaired) electrons. The Morgan fingerprint density at radius 2 is 2.29 bits per heavy atom. The highest BCUT2D eigenvalue weighted by Gasteiger charge is 2.30. The van der Waals surface area contributed by atoms with E-state index in [2.05, 4.69) is 15.4 Å². The van der Waals surface area contributed by atoms with E-state index in [1.165, 1.54) is 23.5 Å². The highest BCUT2D eigenvalue weighted by Crippen LogP contribution is 2.39. The molecular formula is C16H14FN5OS. The lowest BCUT2D eigenvalue weighted by molar-refractivity contribution is -0.121. The van der Waals surface area contributed by atoms with Gasteiger partial charge in [-0.3, -0.25) is 4.79 Å². The van der Waals surface area contributed by atoms with Gasteiger partial charge in [-0.2, -0.15) is 5.10 Å². The van der Waals surface area contributed by atoms with Crippen molar-refractivity contribution in [3.8, 4) is 5.69 Å². The van der Waals surface area contributed by atoms with Crippen molar-refractivity contribution in [3.05, 3.63) is 58.6 Å². The molecule has 3 heterocycles. The first-order valence-electron chi connectivity index (χ1n) is 7.43. The van der Waals surface area contributed by atoms with Crippen LogP contribution in [0.3, 0.4) is 0 Å². The Bertz CT molecular complexity index is 905. The number of thiazole rings is 1. The molecule has 24 heavy (non-hydrogen) atoms. The first kappa shape index (κ1) is 14.8. The summed E-state index contributed by atoms with van der Waals surface area (Å²) in [5, 5.41) is 7.49. The van der Waals surface area contributed by atoms with Gasteiger partial charge in [-0.15, -0.1) is 11.3 Å². The summed E-state index contributed by atoms with van der Waals surface area (Å²) < 4.78 is 15.6. The monoisotopic (exact) mass is 343 g/mol. The third-order valence-electron chi connectivity index (χ3n) is 4.02. The molecule has 1 unspecified atom stereocenters. The van der Waals surface area contributed by atoms with Crippen LogP contribution in [-0.2, 0) is 11.3 Å². The molecule has 3 N–H and O–H groups in total. The molecule has 0 fully saturated rings. The average molecular weight is 343 g/mol. The number of nitrogens with zero attached hydrogens (tertiary/aromatic N) is 3. The number of nitrogens with one attached hydrogen (secondary N) is 1. The van der Waals surface area contributed by atoms with E-state index < -0.39 is 0 Å². The van der Waals surface area contributed by atoms with Gasteiger partial charge >= 0.3 is 0 Å². The maximum Gasteiger partial charge on any atom is 0.221 e. The molecule has 0 bridgehead atoms. The van der Waals surface area contributed by atoms with Gasteiger partial charge in [0.15, 0.2) is 5.13 Å². The van der Waals surface area contributed by atoms with E-state index in [1.54, 1.807) is 29.2 Å². The van der Waals surface area contributed by atoms with Crippen LogP contribution >= 0.6 is 11.3 Å². The molecular weight excluding hydrogens is 329 g/mol. The van der Waals surface area contributed by atoms with Crippen molar-refractivity contribution in [2.75, 3.05) is 5.73 Å². The Hall–Kier alpha value is -2.74. The van der Waals surface area contributed by atoms with Gasteiger partial charge in [-0.25, -0.2) is 14.1 Å². The van der Waals surface area contributed by atoms with E-state index in [0.717, 1.165) is 16.3 Å². The normalized spacial score (nSPS) is 17.2. The smallest absolute Gasteiger partial charge is 0.221 e. The maximum absolute atomic E-state index is 14.0. The minimum absolute atomic E-state index is 0.0977. The fourth-order valence-electron chi connectivity index (χ4n) is 2.99. The Morgan fingerprint density at radius 3 is 3.08 bits per heavy atom. The minimum atomic E-state index is -0.357. The number of rotatable bonds is 2. The van der Waals surface area contributed by atoms with E-state index >= 15 is 0 Å². The summed E-state index contributed by atoms with van der Waals surface area (Å²) in [4.78, 5) is 17.3. The van der Waals surface area contributed by atoms with E-state index in [-0.39, 0.29) is 24.1 Å². The average Bonchev–Trinajstić information content (AvgIpc) is 3.17. The molecule has 2 aromatic heterocycles. The standard InChI is InChI=1S/C16H14FN5OS/c17-9-2-3-13(22-5-1-4-20-22)10(6-9)11-7-14(23)19-8-12-15(11)24-16(18)21-12/h1-6,11H,7-8H2,(H2,18,21)(H,19,23). The van der Waals surface area contributed by atoms with Gasteiger partial charge in [-0.05, 0) is 29.8 Å². The highest BCUT2D eigenvalue weighted by molar-refractivity contribution is 7.15. The van der Waals surface area contributed by atoms with Crippen LogP contribution in [0.4, 0.5) is 9.52 Å². The van der Waals surface area contributed by atoms with E-state index in [9.17, 15) is 9.18 Å². The molecule has 3 aromatic rings. The van der Waals surface area contributed by atoms with Crippen LogP contribution in [0.2, 0.25) is 0 Å². The zero-order valence-electron chi connectivity index (χ0n) is 12.6. The number of amides is 1. The van der Waals surface area contributed by atoms with Gasteiger partial charge in [0.25, 0.3) is 0 Å². The van der Waals surface area contributed by atoms with Gasteiger partial charge < -0.3 is 11.1 Å². The molecule has 1 amide bonds. The van der Waals surface area contributed by atoms with Crippen molar-refractivity contribution in [1.82, 2.24) is 20.1 Å². The fourth-order valence-corrected chi connectivity index (χ4v) is 3.96. The summed E-state index contributed by atoms with van der Waals surface area (Å²) in [6.07, 6.45) is 3.66. The molecule has 8 heteroatoms. The predicted octanol–water partition coefficient (Wildman–Crippen LogP) is 2.20. The summed E-state index contributed by atoms with van der Waals surface area (Å²) in [5.41, 5.74) is 8.02. The number of nitrogen functional groups attached to an aromatic ring is 1. The third-order valence-corrected chi connectivity index (χ3v) is 5.06. The topological polar surface area (TPSA) is 85.8 Å². The molecule has 1 aromatic carbocycles. The SMILES string of the molecule is Nc1nc2c(s1)C(c1cc(F)ccc1-n1cccn1)CC(=O)NC2. The highest BCUT2D eigenvalue weighted by atomic mass is 32.1. The second-order valence-electron chi connectivity index (χ2n) is 5.55. The summed E-state index contributed by atoms with van der Waals surface area (Å²) in [5.74, 6) is -0.767. The number of carbonyl (C=O) groups excluding carboxylic acids is 1. The molecule has 0 spiro atoms. The van der Waals surface area contributed by atoms with Crippen LogP contribution in [0.5, 0.6) is 0 Å². The number of carbonyl (C=O) groups is 1. The number of hydrogen-bond donors (Lipinski definition) is 2. The van der Waals surface area contributed by atoms with Crippen molar-refractivity contribution >= 4 is 22.4 Å². The Kier molecular flexibility index (Phi) is 3.53.